The molecule has 0 saturated heterocycles. The third-order valence-electron chi connectivity index (χ3n) is 4.62. The molecule has 0 fully saturated rings. The van der Waals surface area contributed by atoms with Crippen LogP contribution in [0.2, 0.25) is 0 Å². The number of H-pyrrole nitrogens is 1. The molecule has 0 spiro atoms. The van der Waals surface area contributed by atoms with Crippen LogP contribution in [0.15, 0.2) is 17.5 Å². The van der Waals surface area contributed by atoms with Crippen molar-refractivity contribution in [3.63, 3.8) is 0 Å². The van der Waals surface area contributed by atoms with E-state index in [-0.39, 0.29) is 17.7 Å². The third kappa shape index (κ3) is 3.31. The summed E-state index contributed by atoms with van der Waals surface area (Å²) in [6.45, 7) is 4.38. The van der Waals surface area contributed by atoms with Gasteiger partial charge in [-0.3, -0.25) is 4.79 Å². The molecule has 1 aliphatic rings. The molecule has 0 unspecified atom stereocenters. The summed E-state index contributed by atoms with van der Waals surface area (Å²) in [5.74, 6) is -0.0246. The average Bonchev–Trinajstić information content (AvgIpc) is 3.20. The molecule has 0 radical (unpaired) electrons. The van der Waals surface area contributed by atoms with Crippen molar-refractivity contribution in [3.05, 3.63) is 44.9 Å². The minimum absolute atomic E-state index is 0.119. The summed E-state index contributed by atoms with van der Waals surface area (Å²) in [6, 6.07) is 4.09. The largest absolute Gasteiger partial charge is 0.461 e. The number of carbonyl (C=O) groups excluding carboxylic acids is 2. The fourth-order valence-corrected chi connectivity index (χ4v) is 4.18. The van der Waals surface area contributed by atoms with Crippen molar-refractivity contribution in [2.45, 2.75) is 51.9 Å². The molecule has 2 heterocycles. The van der Waals surface area contributed by atoms with Crippen LogP contribution in [0.3, 0.4) is 0 Å². The van der Waals surface area contributed by atoms with E-state index in [4.69, 9.17) is 4.74 Å². The molecule has 3 rings (SSSR count). The van der Waals surface area contributed by atoms with Crippen molar-refractivity contribution in [1.82, 2.24) is 4.98 Å². The van der Waals surface area contributed by atoms with Crippen LogP contribution in [0.4, 0.5) is 0 Å². The Bertz CT molecular complexity index is 730. The van der Waals surface area contributed by atoms with E-state index in [1.54, 1.807) is 11.3 Å². The molecule has 24 heavy (non-hydrogen) atoms. The van der Waals surface area contributed by atoms with Crippen molar-refractivity contribution >= 4 is 23.1 Å². The second-order valence-electron chi connectivity index (χ2n) is 6.37. The Kier molecular flexibility index (Phi) is 5.19. The summed E-state index contributed by atoms with van der Waals surface area (Å²) >= 11 is 1.68. The van der Waals surface area contributed by atoms with E-state index in [0.717, 1.165) is 36.9 Å². The molecule has 4 nitrogen and oxygen atoms in total. The molecule has 1 N–H and O–H groups in total. The highest BCUT2D eigenvalue weighted by Gasteiger charge is 2.32. The maximum Gasteiger partial charge on any atom is 0.355 e. The average molecular weight is 345 g/mol. The first-order valence-corrected chi connectivity index (χ1v) is 9.45. The maximum atomic E-state index is 12.6. The molecule has 5 heteroatoms. The SMILES string of the molecule is CCCCCOC(=O)c1[nH]c2c(c1C)C(=O)C[C@@H](c1cccs1)C2. The molecule has 128 valence electrons. The van der Waals surface area contributed by atoms with Crippen LogP contribution in [0, 0.1) is 6.92 Å². The minimum atomic E-state index is -0.349. The number of aromatic nitrogens is 1. The Morgan fingerprint density at radius 3 is 2.92 bits per heavy atom. The minimum Gasteiger partial charge on any atom is -0.461 e. The Hall–Kier alpha value is -1.88. The predicted molar refractivity (Wildman–Crippen MR) is 95.0 cm³/mol. The monoisotopic (exact) mass is 345 g/mol. The number of esters is 1. The number of fused-ring (bicyclic) bond motifs is 1. The highest BCUT2D eigenvalue weighted by molar-refractivity contribution is 7.10. The van der Waals surface area contributed by atoms with Crippen LogP contribution in [-0.4, -0.2) is 23.3 Å². The number of hydrogen-bond acceptors (Lipinski definition) is 4. The van der Waals surface area contributed by atoms with Gasteiger partial charge in [-0.25, -0.2) is 4.79 Å². The molecule has 0 bridgehead atoms. The van der Waals surface area contributed by atoms with Crippen LogP contribution >= 0.6 is 11.3 Å². The van der Waals surface area contributed by atoms with Crippen molar-refractivity contribution in [2.75, 3.05) is 6.61 Å². The first kappa shape index (κ1) is 17.0. The Morgan fingerprint density at radius 2 is 2.21 bits per heavy atom. The van der Waals surface area contributed by atoms with Gasteiger partial charge in [0.25, 0.3) is 0 Å². The molecule has 0 aliphatic heterocycles. The van der Waals surface area contributed by atoms with Crippen molar-refractivity contribution < 1.29 is 14.3 Å². The first-order valence-electron chi connectivity index (χ1n) is 8.57. The summed E-state index contributed by atoms with van der Waals surface area (Å²) < 4.78 is 5.34. The zero-order chi connectivity index (χ0) is 17.1. The molecule has 0 amide bonds. The molecule has 1 aliphatic carbocycles. The zero-order valence-electron chi connectivity index (χ0n) is 14.2. The Labute approximate surface area is 146 Å². The number of aromatic amines is 1. The number of Topliss-reactive ketones (excluding diaryl/α,β-unsaturated/α-hetero) is 1. The van der Waals surface area contributed by atoms with Crippen molar-refractivity contribution in [1.29, 1.82) is 0 Å². The van der Waals surface area contributed by atoms with Gasteiger partial charge in [-0.1, -0.05) is 25.8 Å². The van der Waals surface area contributed by atoms with Crippen LogP contribution in [0.25, 0.3) is 0 Å². The Balaban J connectivity index is 1.77. The summed E-state index contributed by atoms with van der Waals surface area (Å²) in [5, 5.41) is 2.04. The quantitative estimate of drug-likeness (QED) is 0.612. The molecule has 1 atom stereocenters. The second-order valence-corrected chi connectivity index (χ2v) is 7.34. The van der Waals surface area contributed by atoms with Crippen molar-refractivity contribution in [2.24, 2.45) is 0 Å². The fraction of sp³-hybridized carbons (Fsp3) is 0.474. The number of carbonyl (C=O) groups is 2. The van der Waals surface area contributed by atoms with Crippen LogP contribution < -0.4 is 0 Å². The smallest absolute Gasteiger partial charge is 0.355 e. The summed E-state index contributed by atoms with van der Waals surface area (Å²) in [6.07, 6.45) is 4.30. The normalized spacial score (nSPS) is 16.9. The van der Waals surface area contributed by atoms with Gasteiger partial charge >= 0.3 is 5.97 Å². The lowest BCUT2D eigenvalue weighted by Crippen LogP contribution is -2.17. The molecular formula is C19H23NO3S. The highest BCUT2D eigenvalue weighted by Crippen LogP contribution is 2.36. The van der Waals surface area contributed by atoms with Gasteiger partial charge in [0, 0.05) is 28.5 Å². The van der Waals surface area contributed by atoms with Crippen LogP contribution in [0.5, 0.6) is 0 Å². The van der Waals surface area contributed by atoms with E-state index in [9.17, 15) is 9.59 Å². The van der Waals surface area contributed by atoms with E-state index < -0.39 is 0 Å². The number of hydrogen-bond donors (Lipinski definition) is 1. The van der Waals surface area contributed by atoms with Crippen LogP contribution in [-0.2, 0) is 11.2 Å². The Morgan fingerprint density at radius 1 is 1.38 bits per heavy atom. The van der Waals surface area contributed by atoms with Crippen molar-refractivity contribution in [3.8, 4) is 0 Å². The summed E-state index contributed by atoms with van der Waals surface area (Å²) in [5.41, 5.74) is 2.75. The van der Waals surface area contributed by atoms with Gasteiger partial charge in [0.15, 0.2) is 5.78 Å². The number of rotatable bonds is 6. The number of thiophene rings is 1. The van der Waals surface area contributed by atoms with Gasteiger partial charge in [-0.05, 0) is 36.8 Å². The van der Waals surface area contributed by atoms with Gasteiger partial charge in [-0.2, -0.15) is 0 Å². The molecule has 2 aromatic rings. The number of ether oxygens (including phenoxy) is 1. The lowest BCUT2D eigenvalue weighted by Gasteiger charge is -2.20. The number of unbranched alkanes of at least 4 members (excludes halogenated alkanes) is 2. The van der Waals surface area contributed by atoms with E-state index >= 15 is 0 Å². The van der Waals surface area contributed by atoms with E-state index in [1.807, 2.05) is 18.4 Å². The zero-order valence-corrected chi connectivity index (χ0v) is 15.0. The van der Waals surface area contributed by atoms with Gasteiger partial charge in [0.1, 0.15) is 5.69 Å². The summed E-state index contributed by atoms with van der Waals surface area (Å²) in [4.78, 5) is 29.3. The predicted octanol–water partition coefficient (Wildman–Crippen LogP) is 4.64. The summed E-state index contributed by atoms with van der Waals surface area (Å²) in [7, 11) is 0. The number of nitrogens with one attached hydrogen (secondary N) is 1. The van der Waals surface area contributed by atoms with E-state index in [0.29, 0.717) is 24.3 Å². The van der Waals surface area contributed by atoms with E-state index in [2.05, 4.69) is 18.0 Å². The number of ketones is 1. The molecular weight excluding hydrogens is 322 g/mol. The lowest BCUT2D eigenvalue weighted by molar-refractivity contribution is 0.0491. The fourth-order valence-electron chi connectivity index (χ4n) is 3.35. The molecule has 2 aromatic heterocycles. The standard InChI is InChI=1S/C19H23NO3S/c1-3-4-5-8-23-19(22)18-12(2)17-14(20-18)10-13(11-15(17)21)16-7-6-9-24-16/h6-7,9,13,20H,3-5,8,10-11H2,1-2H3/t13-/m0/s1. The molecule has 0 saturated carbocycles. The highest BCUT2D eigenvalue weighted by atomic mass is 32.1. The molecule has 0 aromatic carbocycles. The van der Waals surface area contributed by atoms with Crippen LogP contribution in [0.1, 0.15) is 75.5 Å². The topological polar surface area (TPSA) is 59.2 Å². The van der Waals surface area contributed by atoms with Gasteiger partial charge in [0.2, 0.25) is 0 Å². The third-order valence-corrected chi connectivity index (χ3v) is 5.65. The maximum absolute atomic E-state index is 12.6. The van der Waals surface area contributed by atoms with E-state index in [1.165, 1.54) is 4.88 Å². The first-order chi connectivity index (χ1) is 11.6. The van der Waals surface area contributed by atoms with Gasteiger partial charge in [-0.15, -0.1) is 11.3 Å². The lowest BCUT2D eigenvalue weighted by atomic mass is 9.84. The van der Waals surface area contributed by atoms with Gasteiger partial charge in [0.05, 0.1) is 6.61 Å². The second kappa shape index (κ2) is 7.34. The van der Waals surface area contributed by atoms with Gasteiger partial charge < -0.3 is 9.72 Å².